The lowest BCUT2D eigenvalue weighted by atomic mass is 9.85. The van der Waals surface area contributed by atoms with Crippen LogP contribution >= 0.6 is 0 Å². The molecule has 0 aliphatic carbocycles. The zero-order valence-electron chi connectivity index (χ0n) is 24.5. The van der Waals surface area contributed by atoms with Crippen LogP contribution < -0.4 is 5.73 Å². The number of esters is 6. The van der Waals surface area contributed by atoms with E-state index in [1.165, 1.54) is 27.7 Å². The van der Waals surface area contributed by atoms with E-state index in [2.05, 4.69) is 0 Å². The molecule has 0 amide bonds. The molecule has 0 aliphatic heterocycles. The highest BCUT2D eigenvalue weighted by Gasteiger charge is 2.50. The van der Waals surface area contributed by atoms with E-state index in [1.807, 2.05) is 0 Å². The summed E-state index contributed by atoms with van der Waals surface area (Å²) in [6.07, 6.45) is -7.48. The zero-order chi connectivity index (χ0) is 32.2. The Hall–Kier alpha value is -4.24. The van der Waals surface area contributed by atoms with E-state index in [4.69, 9.17) is 34.2 Å². The predicted molar refractivity (Wildman–Crippen MR) is 137 cm³/mol. The van der Waals surface area contributed by atoms with Crippen molar-refractivity contribution in [3.05, 3.63) is 21.4 Å². The lowest BCUT2D eigenvalue weighted by molar-refractivity contribution is -0.489. The summed E-state index contributed by atoms with van der Waals surface area (Å²) in [5.74, 6) is -7.76. The van der Waals surface area contributed by atoms with Crippen LogP contribution in [0.3, 0.4) is 0 Å². The monoisotopic (exact) mass is 590 g/mol. The molecular formula is C25H38N2O14. The van der Waals surface area contributed by atoms with Crippen molar-refractivity contribution < 1.29 is 62.1 Å². The third-order valence-corrected chi connectivity index (χ3v) is 4.85. The first-order valence-corrected chi connectivity index (χ1v) is 12.3. The minimum Gasteiger partial charge on any atom is -0.462 e. The van der Waals surface area contributed by atoms with Crippen molar-refractivity contribution >= 4 is 35.8 Å². The van der Waals surface area contributed by atoms with E-state index in [1.54, 1.807) is 0 Å². The van der Waals surface area contributed by atoms with E-state index >= 15 is 0 Å². The van der Waals surface area contributed by atoms with Crippen LogP contribution in [0.2, 0.25) is 0 Å². The standard InChI is InChI=1S/C25H38N2O14/c1-12(26)20(24(33)41-25(7,8)9)18(10-27(34)35)21(38-15(4)30)23(40-17(6)32)22(39-16(5)31)19(37-14(3)29)11-36-13(2)28/h18-19,21-23H,10-11,26H2,1-9H3/b20-12-/t18?,19-,21+,22+,23-/m1/s1. The smallest absolute Gasteiger partial charge is 0.336 e. The van der Waals surface area contributed by atoms with Crippen LogP contribution in [0.1, 0.15) is 62.3 Å². The topological polar surface area (TPSA) is 227 Å². The van der Waals surface area contributed by atoms with Crippen molar-refractivity contribution in [1.29, 1.82) is 0 Å². The molecule has 0 radical (unpaired) electrons. The highest BCUT2D eigenvalue weighted by molar-refractivity contribution is 5.90. The number of nitrogens with zero attached hydrogens (tertiary/aromatic N) is 1. The molecule has 0 aromatic carbocycles. The number of allylic oxidation sites excluding steroid dienone is 1. The zero-order valence-corrected chi connectivity index (χ0v) is 24.5. The Morgan fingerprint density at radius 2 is 1.17 bits per heavy atom. The molecule has 0 spiro atoms. The number of nitro groups is 1. The highest BCUT2D eigenvalue weighted by atomic mass is 16.6. The normalized spacial score (nSPS) is 15.4. The van der Waals surface area contributed by atoms with Crippen LogP contribution in [0.15, 0.2) is 11.3 Å². The molecule has 5 atom stereocenters. The van der Waals surface area contributed by atoms with Gasteiger partial charge in [-0.3, -0.25) is 34.1 Å². The van der Waals surface area contributed by atoms with E-state index < -0.39 is 95.4 Å². The Balaban J connectivity index is 7.49. The van der Waals surface area contributed by atoms with Crippen molar-refractivity contribution in [3.8, 4) is 0 Å². The summed E-state index contributed by atoms with van der Waals surface area (Å²) in [4.78, 5) is 84.3. The first-order chi connectivity index (χ1) is 18.7. The molecule has 16 nitrogen and oxygen atoms in total. The summed E-state index contributed by atoms with van der Waals surface area (Å²) in [6, 6.07) is 0. The highest BCUT2D eigenvalue weighted by Crippen LogP contribution is 2.31. The van der Waals surface area contributed by atoms with Gasteiger partial charge in [0, 0.05) is 45.2 Å². The molecule has 232 valence electrons. The van der Waals surface area contributed by atoms with Gasteiger partial charge in [-0.1, -0.05) is 0 Å². The van der Waals surface area contributed by atoms with Gasteiger partial charge in [-0.25, -0.2) is 4.79 Å². The third kappa shape index (κ3) is 14.1. The Morgan fingerprint density at radius 1 is 0.732 bits per heavy atom. The van der Waals surface area contributed by atoms with E-state index in [-0.39, 0.29) is 5.70 Å². The van der Waals surface area contributed by atoms with Crippen molar-refractivity contribution in [1.82, 2.24) is 0 Å². The van der Waals surface area contributed by atoms with Crippen LogP contribution in [-0.2, 0) is 57.2 Å². The molecule has 0 aromatic heterocycles. The number of hydrogen-bond donors (Lipinski definition) is 1. The summed E-state index contributed by atoms with van der Waals surface area (Å²) in [6.45, 7) is 8.78. The summed E-state index contributed by atoms with van der Waals surface area (Å²) in [5.41, 5.74) is 4.12. The largest absolute Gasteiger partial charge is 0.462 e. The molecule has 16 heteroatoms. The number of nitrogens with two attached hydrogens (primary N) is 1. The van der Waals surface area contributed by atoms with Gasteiger partial charge in [-0.05, 0) is 27.7 Å². The second-order valence-corrected chi connectivity index (χ2v) is 9.89. The second-order valence-electron chi connectivity index (χ2n) is 9.89. The molecule has 0 bridgehead atoms. The van der Waals surface area contributed by atoms with Crippen LogP contribution in [0.5, 0.6) is 0 Å². The van der Waals surface area contributed by atoms with E-state index in [0.29, 0.717) is 0 Å². The Morgan fingerprint density at radius 3 is 1.54 bits per heavy atom. The lowest BCUT2D eigenvalue weighted by Crippen LogP contribution is -2.56. The number of carbonyl (C=O) groups is 6. The summed E-state index contributed by atoms with van der Waals surface area (Å²) in [5, 5.41) is 11.8. The first-order valence-electron chi connectivity index (χ1n) is 12.3. The van der Waals surface area contributed by atoms with E-state index in [9.17, 15) is 38.9 Å². The van der Waals surface area contributed by atoms with Gasteiger partial charge in [0.25, 0.3) is 0 Å². The molecule has 1 unspecified atom stereocenters. The Kier molecular flexibility index (Phi) is 14.5. The minimum atomic E-state index is -1.97. The van der Waals surface area contributed by atoms with Gasteiger partial charge >= 0.3 is 35.8 Å². The van der Waals surface area contributed by atoms with Gasteiger partial charge in [-0.15, -0.1) is 0 Å². The number of hydrogen-bond acceptors (Lipinski definition) is 15. The van der Waals surface area contributed by atoms with Crippen molar-refractivity contribution in [2.75, 3.05) is 13.2 Å². The molecular weight excluding hydrogens is 552 g/mol. The summed E-state index contributed by atoms with van der Waals surface area (Å²) in [7, 11) is 0. The molecule has 0 aliphatic rings. The van der Waals surface area contributed by atoms with E-state index in [0.717, 1.165) is 34.6 Å². The maximum Gasteiger partial charge on any atom is 0.336 e. The second kappa shape index (κ2) is 16.1. The molecule has 0 heterocycles. The quantitative estimate of drug-likeness (QED) is 0.0967. The first kappa shape index (κ1) is 36.8. The van der Waals surface area contributed by atoms with Gasteiger partial charge in [0.2, 0.25) is 6.54 Å². The SMILES string of the molecule is CC(=O)OC[C@@H](OC(C)=O)[C@H](OC(C)=O)[C@H](OC(C)=O)[C@@H](OC(C)=O)C(C[N+](=O)[O-])/C(C(=O)OC(C)(C)C)=C(\C)N. The molecule has 0 aromatic rings. The average Bonchev–Trinajstić information content (AvgIpc) is 2.74. The maximum atomic E-state index is 13.2. The third-order valence-electron chi connectivity index (χ3n) is 4.85. The fourth-order valence-electron chi connectivity index (χ4n) is 3.70. The summed E-state index contributed by atoms with van der Waals surface area (Å²) < 4.78 is 31.5. The number of carbonyl (C=O) groups excluding carboxylic acids is 6. The lowest BCUT2D eigenvalue weighted by Gasteiger charge is -2.38. The number of ether oxygens (including phenoxy) is 6. The fraction of sp³-hybridized carbons (Fsp3) is 0.680. The van der Waals surface area contributed by atoms with Crippen LogP contribution in [0, 0.1) is 16.0 Å². The molecule has 41 heavy (non-hydrogen) atoms. The summed E-state index contributed by atoms with van der Waals surface area (Å²) >= 11 is 0. The van der Waals surface area contributed by atoms with Gasteiger partial charge in [0.1, 0.15) is 12.2 Å². The van der Waals surface area contributed by atoms with Crippen molar-refractivity contribution in [3.63, 3.8) is 0 Å². The molecule has 0 fully saturated rings. The minimum absolute atomic E-state index is 0.259. The fourth-order valence-corrected chi connectivity index (χ4v) is 3.70. The Bertz CT molecular complexity index is 1040. The maximum absolute atomic E-state index is 13.2. The predicted octanol–water partition coefficient (Wildman–Crippen LogP) is 0.744. The van der Waals surface area contributed by atoms with Crippen molar-refractivity contribution in [2.45, 2.75) is 92.3 Å². The van der Waals surface area contributed by atoms with Crippen molar-refractivity contribution in [2.24, 2.45) is 11.7 Å². The van der Waals surface area contributed by atoms with Gasteiger partial charge in [0.05, 0.1) is 11.5 Å². The Labute approximate surface area is 236 Å². The van der Waals surface area contributed by atoms with Crippen LogP contribution in [0.4, 0.5) is 0 Å². The molecule has 0 saturated heterocycles. The molecule has 0 saturated carbocycles. The van der Waals surface area contributed by atoms with Gasteiger partial charge in [-0.2, -0.15) is 0 Å². The van der Waals surface area contributed by atoms with Crippen LogP contribution in [-0.4, -0.2) is 83.9 Å². The molecule has 0 rings (SSSR count). The number of rotatable bonds is 14. The van der Waals surface area contributed by atoms with Crippen LogP contribution in [0.25, 0.3) is 0 Å². The van der Waals surface area contributed by atoms with Gasteiger partial charge < -0.3 is 34.2 Å². The molecule has 2 N–H and O–H groups in total. The average molecular weight is 591 g/mol. The van der Waals surface area contributed by atoms with Gasteiger partial charge in [0.15, 0.2) is 24.4 Å².